The van der Waals surface area contributed by atoms with E-state index in [1.54, 1.807) is 4.52 Å². The lowest BCUT2D eigenvalue weighted by atomic mass is 10.0. The standard InChI is InChI=1S/C16H16ClN3/c1-10(2)14-11(3)19-16-13(9-18-20(16)15(14)17)12-7-5-4-6-8-12/h4-10H,1-3H3. The first kappa shape index (κ1) is 13.1. The number of hydrogen-bond acceptors (Lipinski definition) is 2. The van der Waals surface area contributed by atoms with Gasteiger partial charge in [-0.3, -0.25) is 0 Å². The molecular weight excluding hydrogens is 270 g/mol. The molecule has 0 spiro atoms. The summed E-state index contributed by atoms with van der Waals surface area (Å²) in [6.07, 6.45) is 1.83. The molecule has 3 aromatic rings. The van der Waals surface area contributed by atoms with Gasteiger partial charge in [0, 0.05) is 16.8 Å². The number of halogens is 1. The van der Waals surface area contributed by atoms with Crippen molar-refractivity contribution in [3.05, 3.63) is 52.9 Å². The van der Waals surface area contributed by atoms with Gasteiger partial charge in [0.1, 0.15) is 5.15 Å². The van der Waals surface area contributed by atoms with E-state index < -0.39 is 0 Å². The second-order valence-electron chi connectivity index (χ2n) is 5.22. The van der Waals surface area contributed by atoms with Gasteiger partial charge in [-0.15, -0.1) is 0 Å². The molecule has 0 aliphatic carbocycles. The highest BCUT2D eigenvalue weighted by Crippen LogP contribution is 2.31. The summed E-state index contributed by atoms with van der Waals surface area (Å²) < 4.78 is 1.73. The largest absolute Gasteiger partial charge is 0.233 e. The lowest BCUT2D eigenvalue weighted by Gasteiger charge is -2.12. The molecule has 20 heavy (non-hydrogen) atoms. The van der Waals surface area contributed by atoms with Crippen molar-refractivity contribution in [2.75, 3.05) is 0 Å². The van der Waals surface area contributed by atoms with Gasteiger partial charge in [0.2, 0.25) is 0 Å². The van der Waals surface area contributed by atoms with Crippen LogP contribution in [0, 0.1) is 6.92 Å². The average molecular weight is 286 g/mol. The van der Waals surface area contributed by atoms with E-state index in [2.05, 4.69) is 31.1 Å². The number of hydrogen-bond donors (Lipinski definition) is 0. The Morgan fingerprint density at radius 3 is 2.50 bits per heavy atom. The minimum atomic E-state index is 0.323. The van der Waals surface area contributed by atoms with E-state index in [0.29, 0.717) is 11.1 Å². The average Bonchev–Trinajstić information content (AvgIpc) is 2.83. The van der Waals surface area contributed by atoms with Gasteiger partial charge in [-0.2, -0.15) is 5.10 Å². The lowest BCUT2D eigenvalue weighted by molar-refractivity contribution is 0.807. The van der Waals surface area contributed by atoms with E-state index in [1.165, 1.54) is 0 Å². The van der Waals surface area contributed by atoms with E-state index >= 15 is 0 Å². The summed E-state index contributed by atoms with van der Waals surface area (Å²) in [5.74, 6) is 0.323. The van der Waals surface area contributed by atoms with Crippen molar-refractivity contribution in [3.8, 4) is 11.1 Å². The third-order valence-electron chi connectivity index (χ3n) is 3.48. The molecule has 0 aliphatic heterocycles. The van der Waals surface area contributed by atoms with Crippen LogP contribution in [0.2, 0.25) is 5.15 Å². The molecule has 0 unspecified atom stereocenters. The fraction of sp³-hybridized carbons (Fsp3) is 0.250. The molecule has 0 saturated carbocycles. The van der Waals surface area contributed by atoms with Crippen molar-refractivity contribution >= 4 is 17.2 Å². The monoisotopic (exact) mass is 285 g/mol. The summed E-state index contributed by atoms with van der Waals surface area (Å²) in [7, 11) is 0. The third-order valence-corrected chi connectivity index (χ3v) is 3.84. The van der Waals surface area contributed by atoms with Crippen molar-refractivity contribution in [2.24, 2.45) is 0 Å². The maximum atomic E-state index is 6.50. The highest BCUT2D eigenvalue weighted by Gasteiger charge is 2.17. The van der Waals surface area contributed by atoms with Gasteiger partial charge >= 0.3 is 0 Å². The van der Waals surface area contributed by atoms with Crippen LogP contribution >= 0.6 is 11.6 Å². The summed E-state index contributed by atoms with van der Waals surface area (Å²) in [5, 5.41) is 5.06. The zero-order valence-corrected chi connectivity index (χ0v) is 12.5. The zero-order valence-electron chi connectivity index (χ0n) is 11.8. The first-order chi connectivity index (χ1) is 9.59. The van der Waals surface area contributed by atoms with Crippen molar-refractivity contribution in [1.82, 2.24) is 14.6 Å². The summed E-state index contributed by atoms with van der Waals surface area (Å²) in [5.41, 5.74) is 4.94. The number of nitrogens with zero attached hydrogens (tertiary/aromatic N) is 3. The van der Waals surface area contributed by atoms with Crippen LogP contribution in [-0.2, 0) is 0 Å². The number of aryl methyl sites for hydroxylation is 1. The normalized spacial score (nSPS) is 11.4. The Morgan fingerprint density at radius 1 is 1.15 bits per heavy atom. The smallest absolute Gasteiger partial charge is 0.164 e. The van der Waals surface area contributed by atoms with Crippen LogP contribution in [0.4, 0.5) is 0 Å². The second kappa shape index (κ2) is 4.91. The maximum Gasteiger partial charge on any atom is 0.164 e. The number of aromatic nitrogens is 3. The molecule has 3 nitrogen and oxygen atoms in total. The van der Waals surface area contributed by atoms with E-state index in [1.807, 2.05) is 31.3 Å². The van der Waals surface area contributed by atoms with Crippen LogP contribution in [0.25, 0.3) is 16.8 Å². The van der Waals surface area contributed by atoms with Gasteiger partial charge < -0.3 is 0 Å². The molecule has 3 rings (SSSR count). The van der Waals surface area contributed by atoms with Crippen molar-refractivity contribution < 1.29 is 0 Å². The Hall–Kier alpha value is -1.87. The number of fused-ring (bicyclic) bond motifs is 1. The SMILES string of the molecule is Cc1nc2c(-c3ccccc3)cnn2c(Cl)c1C(C)C. The van der Waals surface area contributed by atoms with Gasteiger partial charge in [0.15, 0.2) is 5.65 Å². The maximum absolute atomic E-state index is 6.50. The fourth-order valence-electron chi connectivity index (χ4n) is 2.55. The topological polar surface area (TPSA) is 30.2 Å². The molecule has 1 aromatic carbocycles. The Kier molecular flexibility index (Phi) is 3.22. The minimum absolute atomic E-state index is 0.323. The van der Waals surface area contributed by atoms with Gasteiger partial charge in [0.05, 0.1) is 6.20 Å². The molecule has 0 aliphatic rings. The highest BCUT2D eigenvalue weighted by atomic mass is 35.5. The van der Waals surface area contributed by atoms with Gasteiger partial charge in [-0.25, -0.2) is 9.50 Å². The fourth-order valence-corrected chi connectivity index (χ4v) is 3.03. The molecule has 0 radical (unpaired) electrons. The summed E-state index contributed by atoms with van der Waals surface area (Å²) in [6.45, 7) is 6.23. The van der Waals surface area contributed by atoms with Crippen LogP contribution in [0.3, 0.4) is 0 Å². The summed E-state index contributed by atoms with van der Waals surface area (Å²) in [6, 6.07) is 10.1. The molecule has 2 heterocycles. The molecular formula is C16H16ClN3. The second-order valence-corrected chi connectivity index (χ2v) is 5.57. The Labute approximate surface area is 123 Å². The number of benzene rings is 1. The van der Waals surface area contributed by atoms with Gasteiger partial charge in [0.25, 0.3) is 0 Å². The molecule has 4 heteroatoms. The van der Waals surface area contributed by atoms with Crippen molar-refractivity contribution in [2.45, 2.75) is 26.7 Å². The molecule has 0 atom stereocenters. The quantitative estimate of drug-likeness (QED) is 0.650. The van der Waals surface area contributed by atoms with Crippen LogP contribution in [0.15, 0.2) is 36.5 Å². The lowest BCUT2D eigenvalue weighted by Crippen LogP contribution is -2.04. The molecule has 0 amide bonds. The molecule has 0 saturated heterocycles. The van der Waals surface area contributed by atoms with E-state index in [0.717, 1.165) is 28.0 Å². The van der Waals surface area contributed by atoms with Gasteiger partial charge in [-0.05, 0) is 18.4 Å². The molecule has 0 fully saturated rings. The molecule has 0 N–H and O–H groups in total. The number of rotatable bonds is 2. The minimum Gasteiger partial charge on any atom is -0.233 e. The van der Waals surface area contributed by atoms with E-state index in [9.17, 15) is 0 Å². The van der Waals surface area contributed by atoms with Crippen LogP contribution in [0.1, 0.15) is 31.0 Å². The first-order valence-electron chi connectivity index (χ1n) is 6.68. The van der Waals surface area contributed by atoms with E-state index in [4.69, 9.17) is 16.6 Å². The molecule has 102 valence electrons. The van der Waals surface area contributed by atoms with Crippen molar-refractivity contribution in [1.29, 1.82) is 0 Å². The Bertz CT molecular complexity index is 760. The van der Waals surface area contributed by atoms with Gasteiger partial charge in [-0.1, -0.05) is 55.8 Å². The summed E-state index contributed by atoms with van der Waals surface area (Å²) >= 11 is 6.50. The highest BCUT2D eigenvalue weighted by molar-refractivity contribution is 6.30. The first-order valence-corrected chi connectivity index (χ1v) is 7.06. The molecule has 2 aromatic heterocycles. The predicted octanol–water partition coefficient (Wildman–Crippen LogP) is 4.48. The summed E-state index contributed by atoms with van der Waals surface area (Å²) in [4.78, 5) is 4.71. The van der Waals surface area contributed by atoms with Crippen molar-refractivity contribution in [3.63, 3.8) is 0 Å². The Morgan fingerprint density at radius 2 is 1.85 bits per heavy atom. The predicted molar refractivity (Wildman–Crippen MR) is 82.3 cm³/mol. The van der Waals surface area contributed by atoms with Crippen LogP contribution in [0.5, 0.6) is 0 Å². The molecule has 0 bridgehead atoms. The van der Waals surface area contributed by atoms with Crippen LogP contribution in [-0.4, -0.2) is 14.6 Å². The van der Waals surface area contributed by atoms with E-state index in [-0.39, 0.29) is 0 Å². The zero-order chi connectivity index (χ0) is 14.3. The Balaban J connectivity index is 2.30. The van der Waals surface area contributed by atoms with Crippen LogP contribution < -0.4 is 0 Å². The third kappa shape index (κ3) is 1.98.